The monoisotopic (exact) mass is 344 g/mol. The molecule has 23 heavy (non-hydrogen) atoms. The van der Waals surface area contributed by atoms with Crippen molar-refractivity contribution in [1.29, 1.82) is 0 Å². The standard InChI is InChI=1S/C17H16N2O2S2/c1-2-21-16(20)13-14(11-6-4-3-5-7-11)18-17(22)19-15(13)12-8-9-23-10-12/h3-10,15H,2H2,1H3,(H2,18,19,22)/t15-/m1/s1. The fourth-order valence-electron chi connectivity index (χ4n) is 2.52. The lowest BCUT2D eigenvalue weighted by Crippen LogP contribution is -2.45. The molecular weight excluding hydrogens is 328 g/mol. The van der Waals surface area contributed by atoms with Gasteiger partial charge in [-0.2, -0.15) is 11.3 Å². The zero-order valence-electron chi connectivity index (χ0n) is 12.5. The van der Waals surface area contributed by atoms with E-state index in [1.165, 1.54) is 0 Å². The summed E-state index contributed by atoms with van der Waals surface area (Å²) in [5.74, 6) is -0.343. The average Bonchev–Trinajstić information content (AvgIpc) is 3.09. The van der Waals surface area contributed by atoms with Crippen LogP contribution in [0.4, 0.5) is 0 Å². The van der Waals surface area contributed by atoms with Gasteiger partial charge in [0.05, 0.1) is 23.9 Å². The number of nitrogens with one attached hydrogen (secondary N) is 2. The Morgan fingerprint density at radius 2 is 2.09 bits per heavy atom. The van der Waals surface area contributed by atoms with Crippen LogP contribution in [0.15, 0.2) is 52.7 Å². The highest BCUT2D eigenvalue weighted by molar-refractivity contribution is 7.80. The van der Waals surface area contributed by atoms with E-state index < -0.39 is 0 Å². The quantitative estimate of drug-likeness (QED) is 0.659. The van der Waals surface area contributed by atoms with Crippen LogP contribution in [0.25, 0.3) is 5.70 Å². The Hall–Kier alpha value is -2.18. The van der Waals surface area contributed by atoms with Crippen LogP contribution in [-0.2, 0) is 9.53 Å². The third-order valence-electron chi connectivity index (χ3n) is 3.51. The first-order valence-electron chi connectivity index (χ1n) is 7.27. The number of hydrogen-bond acceptors (Lipinski definition) is 4. The normalized spacial score (nSPS) is 17.4. The SMILES string of the molecule is CCOC(=O)C1=C(c2ccccc2)NC(=S)N[C@@H]1c1ccsc1. The minimum absolute atomic E-state index is 0.316. The van der Waals surface area contributed by atoms with Gasteiger partial charge in [-0.3, -0.25) is 0 Å². The summed E-state index contributed by atoms with van der Waals surface area (Å²) in [4.78, 5) is 12.6. The van der Waals surface area contributed by atoms with Crippen LogP contribution in [0.3, 0.4) is 0 Å². The minimum atomic E-state index is -0.343. The molecule has 1 aromatic heterocycles. The molecule has 0 saturated carbocycles. The largest absolute Gasteiger partial charge is 0.463 e. The van der Waals surface area contributed by atoms with E-state index in [9.17, 15) is 4.79 Å². The molecule has 1 atom stereocenters. The molecule has 2 heterocycles. The molecule has 3 rings (SSSR count). The summed E-state index contributed by atoms with van der Waals surface area (Å²) in [5, 5.41) is 10.8. The van der Waals surface area contributed by atoms with Crippen molar-refractivity contribution in [3.05, 3.63) is 63.9 Å². The molecule has 0 radical (unpaired) electrons. The van der Waals surface area contributed by atoms with E-state index in [2.05, 4.69) is 10.6 Å². The Kier molecular flexibility index (Phi) is 4.73. The first-order chi connectivity index (χ1) is 11.2. The Morgan fingerprint density at radius 1 is 1.30 bits per heavy atom. The fraction of sp³-hybridized carbons (Fsp3) is 0.176. The van der Waals surface area contributed by atoms with Crippen LogP contribution in [0.5, 0.6) is 0 Å². The van der Waals surface area contributed by atoms with Gasteiger partial charge >= 0.3 is 5.97 Å². The molecule has 0 spiro atoms. The van der Waals surface area contributed by atoms with Crippen molar-refractivity contribution < 1.29 is 9.53 Å². The van der Waals surface area contributed by atoms with Crippen LogP contribution < -0.4 is 10.6 Å². The lowest BCUT2D eigenvalue weighted by atomic mass is 9.94. The molecule has 1 aromatic carbocycles. The van der Waals surface area contributed by atoms with E-state index in [1.54, 1.807) is 18.3 Å². The number of thiophene rings is 1. The molecule has 1 aliphatic rings. The van der Waals surface area contributed by atoms with Crippen molar-refractivity contribution in [3.8, 4) is 0 Å². The highest BCUT2D eigenvalue weighted by Crippen LogP contribution is 2.32. The van der Waals surface area contributed by atoms with Crippen molar-refractivity contribution in [2.75, 3.05) is 6.61 Å². The van der Waals surface area contributed by atoms with E-state index in [4.69, 9.17) is 17.0 Å². The van der Waals surface area contributed by atoms with Gasteiger partial charge in [0.15, 0.2) is 5.11 Å². The van der Waals surface area contributed by atoms with Crippen molar-refractivity contribution >= 4 is 40.3 Å². The highest BCUT2D eigenvalue weighted by Gasteiger charge is 2.33. The summed E-state index contributed by atoms with van der Waals surface area (Å²) in [6, 6.07) is 11.3. The van der Waals surface area contributed by atoms with Gasteiger partial charge in [0, 0.05) is 0 Å². The maximum atomic E-state index is 12.6. The van der Waals surface area contributed by atoms with Gasteiger partial charge in [-0.05, 0) is 47.1 Å². The van der Waals surface area contributed by atoms with Gasteiger partial charge in [-0.15, -0.1) is 0 Å². The van der Waals surface area contributed by atoms with Gasteiger partial charge in [0.2, 0.25) is 0 Å². The van der Waals surface area contributed by atoms with E-state index in [0.29, 0.717) is 23.0 Å². The van der Waals surface area contributed by atoms with E-state index in [-0.39, 0.29) is 12.0 Å². The maximum Gasteiger partial charge on any atom is 0.338 e. The summed E-state index contributed by atoms with van der Waals surface area (Å²) in [6.45, 7) is 2.12. The third kappa shape index (κ3) is 3.28. The summed E-state index contributed by atoms with van der Waals surface area (Å²) in [7, 11) is 0. The van der Waals surface area contributed by atoms with E-state index in [0.717, 1.165) is 11.1 Å². The first-order valence-corrected chi connectivity index (χ1v) is 8.62. The average molecular weight is 344 g/mol. The number of rotatable bonds is 4. The third-order valence-corrected chi connectivity index (χ3v) is 4.43. The van der Waals surface area contributed by atoms with Gasteiger partial charge in [-0.25, -0.2) is 4.79 Å². The molecule has 0 unspecified atom stereocenters. The molecule has 6 heteroatoms. The number of ether oxygens (including phenoxy) is 1. The molecular formula is C17H16N2O2S2. The molecule has 1 aliphatic heterocycles. The summed E-state index contributed by atoms with van der Waals surface area (Å²) < 4.78 is 5.28. The summed E-state index contributed by atoms with van der Waals surface area (Å²) in [5.41, 5.74) is 3.14. The number of carbonyl (C=O) groups is 1. The number of thiocarbonyl (C=S) groups is 1. The molecule has 4 nitrogen and oxygen atoms in total. The van der Waals surface area contributed by atoms with Crippen LogP contribution >= 0.6 is 23.6 Å². The van der Waals surface area contributed by atoms with Crippen molar-refractivity contribution in [2.45, 2.75) is 13.0 Å². The van der Waals surface area contributed by atoms with Crippen LogP contribution in [0.2, 0.25) is 0 Å². The van der Waals surface area contributed by atoms with Crippen molar-refractivity contribution in [3.63, 3.8) is 0 Å². The van der Waals surface area contributed by atoms with Gasteiger partial charge in [0.25, 0.3) is 0 Å². The zero-order chi connectivity index (χ0) is 16.2. The van der Waals surface area contributed by atoms with Gasteiger partial charge in [-0.1, -0.05) is 30.3 Å². The molecule has 0 aliphatic carbocycles. The molecule has 0 amide bonds. The second-order valence-corrected chi connectivity index (χ2v) is 6.15. The van der Waals surface area contributed by atoms with Crippen molar-refractivity contribution in [1.82, 2.24) is 10.6 Å². The van der Waals surface area contributed by atoms with Crippen LogP contribution in [-0.4, -0.2) is 17.7 Å². The molecule has 2 aromatic rings. The number of carbonyl (C=O) groups excluding carboxylic acids is 1. The Bertz CT molecular complexity index is 739. The molecule has 118 valence electrons. The minimum Gasteiger partial charge on any atom is -0.463 e. The van der Waals surface area contributed by atoms with Crippen LogP contribution in [0, 0.1) is 0 Å². The smallest absolute Gasteiger partial charge is 0.338 e. The van der Waals surface area contributed by atoms with E-state index >= 15 is 0 Å². The first kappa shape index (κ1) is 15.7. The van der Waals surface area contributed by atoms with E-state index in [1.807, 2.05) is 47.2 Å². The van der Waals surface area contributed by atoms with Crippen molar-refractivity contribution in [2.24, 2.45) is 0 Å². The Labute approximate surface area is 144 Å². The molecule has 0 saturated heterocycles. The second-order valence-electron chi connectivity index (χ2n) is 4.96. The summed E-state index contributed by atoms with van der Waals surface area (Å²) >= 11 is 6.91. The number of esters is 1. The Morgan fingerprint density at radius 3 is 2.74 bits per heavy atom. The highest BCUT2D eigenvalue weighted by atomic mass is 32.1. The number of benzene rings is 1. The molecule has 2 N–H and O–H groups in total. The second kappa shape index (κ2) is 6.93. The summed E-state index contributed by atoms with van der Waals surface area (Å²) in [6.07, 6.45) is 0. The Balaban J connectivity index is 2.15. The van der Waals surface area contributed by atoms with Crippen LogP contribution in [0.1, 0.15) is 24.1 Å². The molecule has 0 fully saturated rings. The predicted octanol–water partition coefficient (Wildman–Crippen LogP) is 3.24. The topological polar surface area (TPSA) is 50.4 Å². The van der Waals surface area contributed by atoms with Gasteiger partial charge in [0.1, 0.15) is 0 Å². The lowest BCUT2D eigenvalue weighted by Gasteiger charge is -2.30. The number of hydrogen-bond donors (Lipinski definition) is 2. The predicted molar refractivity (Wildman–Crippen MR) is 95.9 cm³/mol. The zero-order valence-corrected chi connectivity index (χ0v) is 14.2. The van der Waals surface area contributed by atoms with Gasteiger partial charge < -0.3 is 15.4 Å². The molecule has 0 bridgehead atoms. The maximum absolute atomic E-state index is 12.6. The lowest BCUT2D eigenvalue weighted by molar-refractivity contribution is -0.138. The fourth-order valence-corrected chi connectivity index (χ4v) is 3.42.